The first-order valence-electron chi connectivity index (χ1n) is 6.66. The number of hydrogen-bond acceptors (Lipinski definition) is 2. The third-order valence-electron chi connectivity index (χ3n) is 3.41. The van der Waals surface area contributed by atoms with Gasteiger partial charge in [0.25, 0.3) is 0 Å². The molecule has 19 heavy (non-hydrogen) atoms. The van der Waals surface area contributed by atoms with Crippen LogP contribution in [0.1, 0.15) is 43.1 Å². The Hall–Kier alpha value is -1.06. The number of rotatable bonds is 5. The van der Waals surface area contributed by atoms with Crippen molar-refractivity contribution >= 4 is 22.6 Å². The second-order valence-corrected chi connectivity index (χ2v) is 5.73. The second-order valence-electron chi connectivity index (χ2n) is 5.08. The van der Waals surface area contributed by atoms with E-state index >= 15 is 0 Å². The van der Waals surface area contributed by atoms with Gasteiger partial charge in [-0.15, -0.1) is 11.6 Å². The van der Waals surface area contributed by atoms with E-state index in [1.54, 1.807) is 7.11 Å². The second kappa shape index (κ2) is 5.93. The molecule has 0 spiro atoms. The lowest BCUT2D eigenvalue weighted by Gasteiger charge is -2.18. The predicted molar refractivity (Wildman–Crippen MR) is 79.9 cm³/mol. The summed E-state index contributed by atoms with van der Waals surface area (Å²) >= 11 is 6.28. The molecule has 0 saturated heterocycles. The number of aromatic nitrogens is 2. The Morgan fingerprint density at radius 2 is 2.11 bits per heavy atom. The SMILES string of the molecule is COCCC(C)n1c(C(C)Cl)nc2cc(C)ccc21. The van der Waals surface area contributed by atoms with E-state index in [-0.39, 0.29) is 5.38 Å². The van der Waals surface area contributed by atoms with E-state index in [0.29, 0.717) is 6.04 Å². The molecule has 2 rings (SSSR count). The molecule has 1 aromatic heterocycles. The van der Waals surface area contributed by atoms with Gasteiger partial charge in [-0.1, -0.05) is 6.07 Å². The standard InChI is InChI=1S/C15H21ClN2O/c1-10-5-6-14-13(9-10)17-15(12(3)16)18(14)11(2)7-8-19-4/h5-6,9,11-12H,7-8H2,1-4H3. The molecule has 0 amide bonds. The largest absolute Gasteiger partial charge is 0.385 e. The van der Waals surface area contributed by atoms with Crippen molar-refractivity contribution in [3.63, 3.8) is 0 Å². The van der Waals surface area contributed by atoms with Crippen LogP contribution in [-0.2, 0) is 4.74 Å². The molecule has 1 aromatic carbocycles. The van der Waals surface area contributed by atoms with Gasteiger partial charge in [0.2, 0.25) is 0 Å². The fourth-order valence-electron chi connectivity index (χ4n) is 2.39. The molecule has 0 saturated carbocycles. The zero-order valence-corrected chi connectivity index (χ0v) is 12.7. The summed E-state index contributed by atoms with van der Waals surface area (Å²) in [5.41, 5.74) is 3.39. The summed E-state index contributed by atoms with van der Waals surface area (Å²) < 4.78 is 7.42. The minimum absolute atomic E-state index is 0.0994. The van der Waals surface area contributed by atoms with E-state index in [4.69, 9.17) is 21.3 Å². The van der Waals surface area contributed by atoms with Crippen molar-refractivity contribution in [3.05, 3.63) is 29.6 Å². The maximum atomic E-state index is 6.28. The first kappa shape index (κ1) is 14.4. The molecular formula is C15H21ClN2O. The van der Waals surface area contributed by atoms with E-state index in [1.807, 2.05) is 6.92 Å². The molecule has 0 aliphatic rings. The highest BCUT2D eigenvalue weighted by molar-refractivity contribution is 6.20. The smallest absolute Gasteiger partial charge is 0.127 e. The van der Waals surface area contributed by atoms with Crippen LogP contribution in [0.4, 0.5) is 0 Å². The summed E-state index contributed by atoms with van der Waals surface area (Å²) in [6.07, 6.45) is 0.951. The lowest BCUT2D eigenvalue weighted by Crippen LogP contribution is -2.11. The van der Waals surface area contributed by atoms with Gasteiger partial charge in [0.1, 0.15) is 5.82 Å². The molecule has 0 fully saturated rings. The fraction of sp³-hybridized carbons (Fsp3) is 0.533. The molecule has 0 aliphatic heterocycles. The highest BCUT2D eigenvalue weighted by atomic mass is 35.5. The predicted octanol–water partition coefficient (Wildman–Crippen LogP) is 4.24. The zero-order chi connectivity index (χ0) is 14.0. The van der Waals surface area contributed by atoms with Crippen molar-refractivity contribution in [3.8, 4) is 0 Å². The number of aryl methyl sites for hydroxylation is 1. The van der Waals surface area contributed by atoms with Crippen molar-refractivity contribution in [1.82, 2.24) is 9.55 Å². The number of benzene rings is 1. The monoisotopic (exact) mass is 280 g/mol. The van der Waals surface area contributed by atoms with Gasteiger partial charge in [0, 0.05) is 19.8 Å². The van der Waals surface area contributed by atoms with Crippen molar-refractivity contribution in [2.75, 3.05) is 13.7 Å². The quantitative estimate of drug-likeness (QED) is 0.766. The molecule has 3 nitrogen and oxygen atoms in total. The Labute approximate surface area is 119 Å². The van der Waals surface area contributed by atoms with E-state index in [0.717, 1.165) is 29.9 Å². The van der Waals surface area contributed by atoms with Gasteiger partial charge >= 0.3 is 0 Å². The Morgan fingerprint density at radius 3 is 2.74 bits per heavy atom. The first-order valence-corrected chi connectivity index (χ1v) is 7.09. The van der Waals surface area contributed by atoms with Gasteiger partial charge in [-0.3, -0.25) is 0 Å². The molecule has 0 N–H and O–H groups in total. The number of halogens is 1. The molecule has 2 unspecified atom stereocenters. The fourth-order valence-corrected chi connectivity index (χ4v) is 2.54. The molecule has 2 atom stereocenters. The van der Waals surface area contributed by atoms with Gasteiger partial charge in [-0.05, 0) is 44.9 Å². The normalized spacial score (nSPS) is 14.8. The van der Waals surface area contributed by atoms with Crippen LogP contribution in [-0.4, -0.2) is 23.3 Å². The summed E-state index contributed by atoms with van der Waals surface area (Å²) in [6.45, 7) is 6.97. The molecule has 0 aliphatic carbocycles. The average Bonchev–Trinajstić information content (AvgIpc) is 2.74. The number of methoxy groups -OCH3 is 1. The zero-order valence-electron chi connectivity index (χ0n) is 12.0. The van der Waals surface area contributed by atoms with Gasteiger partial charge in [0.05, 0.1) is 16.4 Å². The summed E-state index contributed by atoms with van der Waals surface area (Å²) in [6, 6.07) is 6.68. The lowest BCUT2D eigenvalue weighted by atomic mass is 10.2. The summed E-state index contributed by atoms with van der Waals surface area (Å²) in [4.78, 5) is 4.69. The highest BCUT2D eigenvalue weighted by Gasteiger charge is 2.18. The molecular weight excluding hydrogens is 260 g/mol. The van der Waals surface area contributed by atoms with Gasteiger partial charge in [-0.25, -0.2) is 4.98 Å². The summed E-state index contributed by atoms with van der Waals surface area (Å²) in [7, 11) is 1.73. The van der Waals surface area contributed by atoms with Crippen LogP contribution >= 0.6 is 11.6 Å². The Balaban J connectivity index is 2.51. The Bertz CT molecular complexity index is 563. The maximum Gasteiger partial charge on any atom is 0.127 e. The number of nitrogens with zero attached hydrogens (tertiary/aromatic N) is 2. The molecule has 4 heteroatoms. The highest BCUT2D eigenvalue weighted by Crippen LogP contribution is 2.29. The molecule has 104 valence electrons. The number of hydrogen-bond donors (Lipinski definition) is 0. The van der Waals surface area contributed by atoms with Crippen molar-refractivity contribution < 1.29 is 4.74 Å². The first-order chi connectivity index (χ1) is 9.04. The van der Waals surface area contributed by atoms with Crippen LogP contribution in [0.15, 0.2) is 18.2 Å². The number of imidazole rings is 1. The Morgan fingerprint density at radius 1 is 1.37 bits per heavy atom. The van der Waals surface area contributed by atoms with Crippen molar-refractivity contribution in [1.29, 1.82) is 0 Å². The topological polar surface area (TPSA) is 27.1 Å². The van der Waals surface area contributed by atoms with Crippen LogP contribution in [0.5, 0.6) is 0 Å². The maximum absolute atomic E-state index is 6.28. The number of ether oxygens (including phenoxy) is 1. The van der Waals surface area contributed by atoms with Gasteiger partial charge in [0.15, 0.2) is 0 Å². The number of alkyl halides is 1. The van der Waals surface area contributed by atoms with Crippen LogP contribution in [0.25, 0.3) is 11.0 Å². The summed E-state index contributed by atoms with van der Waals surface area (Å²) in [5, 5.41) is -0.0994. The van der Waals surface area contributed by atoms with E-state index < -0.39 is 0 Å². The van der Waals surface area contributed by atoms with E-state index in [2.05, 4.69) is 36.6 Å². The Kier molecular flexibility index (Phi) is 4.48. The minimum atomic E-state index is -0.0994. The van der Waals surface area contributed by atoms with E-state index in [1.165, 1.54) is 5.56 Å². The van der Waals surface area contributed by atoms with E-state index in [9.17, 15) is 0 Å². The van der Waals surface area contributed by atoms with Crippen molar-refractivity contribution in [2.45, 2.75) is 38.6 Å². The third-order valence-corrected chi connectivity index (χ3v) is 3.60. The van der Waals surface area contributed by atoms with Crippen molar-refractivity contribution in [2.24, 2.45) is 0 Å². The average molecular weight is 281 g/mol. The van der Waals surface area contributed by atoms with Gasteiger partial charge < -0.3 is 9.30 Å². The number of fused-ring (bicyclic) bond motifs is 1. The third kappa shape index (κ3) is 2.93. The van der Waals surface area contributed by atoms with Crippen LogP contribution in [0, 0.1) is 6.92 Å². The molecule has 0 radical (unpaired) electrons. The van der Waals surface area contributed by atoms with Gasteiger partial charge in [-0.2, -0.15) is 0 Å². The lowest BCUT2D eigenvalue weighted by molar-refractivity contribution is 0.181. The minimum Gasteiger partial charge on any atom is -0.385 e. The molecule has 1 heterocycles. The molecule has 0 bridgehead atoms. The molecule has 2 aromatic rings. The van der Waals surface area contributed by atoms with Crippen LogP contribution < -0.4 is 0 Å². The summed E-state index contributed by atoms with van der Waals surface area (Å²) in [5.74, 6) is 0.936. The van der Waals surface area contributed by atoms with Crippen LogP contribution in [0.2, 0.25) is 0 Å². The van der Waals surface area contributed by atoms with Crippen LogP contribution in [0.3, 0.4) is 0 Å².